The molecule has 0 aliphatic rings. The first kappa shape index (κ1) is 17.9. The van der Waals surface area contributed by atoms with E-state index in [1.807, 2.05) is 12.1 Å². The van der Waals surface area contributed by atoms with Gasteiger partial charge in [-0.3, -0.25) is 4.79 Å². The zero-order chi connectivity index (χ0) is 17.6. The number of aromatic nitrogens is 4. The number of hydrogen-bond donors (Lipinski definition) is 2. The van der Waals surface area contributed by atoms with E-state index in [2.05, 4.69) is 46.7 Å². The van der Waals surface area contributed by atoms with E-state index in [0.717, 1.165) is 24.2 Å². The normalized spacial score (nSPS) is 11.3. The molecule has 0 bridgehead atoms. The first-order chi connectivity index (χ1) is 11.4. The molecule has 0 aliphatic heterocycles. The molecule has 0 spiro atoms. The third-order valence-corrected chi connectivity index (χ3v) is 3.52. The summed E-state index contributed by atoms with van der Waals surface area (Å²) in [6, 6.07) is 5.56. The van der Waals surface area contributed by atoms with Crippen molar-refractivity contribution in [3.8, 4) is 5.75 Å². The molecule has 1 aromatic carbocycles. The van der Waals surface area contributed by atoms with Crippen LogP contribution in [0.5, 0.6) is 5.75 Å². The minimum absolute atomic E-state index is 0.0825. The number of ether oxygens (including phenoxy) is 1. The second-order valence-corrected chi connectivity index (χ2v) is 6.95. The average molecular weight is 331 g/mol. The van der Waals surface area contributed by atoms with Crippen molar-refractivity contribution >= 4 is 5.91 Å². The molecule has 0 unspecified atom stereocenters. The molecule has 0 saturated carbocycles. The fourth-order valence-corrected chi connectivity index (χ4v) is 2.47. The Kier molecular flexibility index (Phi) is 5.89. The summed E-state index contributed by atoms with van der Waals surface area (Å²) >= 11 is 0. The Balaban J connectivity index is 1.94. The first-order valence-corrected chi connectivity index (χ1v) is 8.06. The molecule has 0 saturated heterocycles. The number of carbonyl (C=O) groups is 1. The van der Waals surface area contributed by atoms with Gasteiger partial charge in [0, 0.05) is 18.5 Å². The van der Waals surface area contributed by atoms with E-state index in [4.69, 9.17) is 4.74 Å². The standard InChI is InChI=1S/C17H25N5O2/c1-17(2,3)11-13-10-12(7-8-14(13)24-4)16(23)18-9-5-6-15-19-21-22-20-15/h7-8,10H,5-6,9,11H2,1-4H3,(H,18,23)(H,19,20,21,22). The van der Waals surface area contributed by atoms with E-state index in [9.17, 15) is 4.79 Å². The zero-order valence-corrected chi connectivity index (χ0v) is 14.7. The first-order valence-electron chi connectivity index (χ1n) is 8.06. The highest BCUT2D eigenvalue weighted by Gasteiger charge is 2.16. The maximum absolute atomic E-state index is 12.3. The van der Waals surface area contributed by atoms with Crippen LogP contribution in [-0.2, 0) is 12.8 Å². The molecule has 2 N–H and O–H groups in total. The topological polar surface area (TPSA) is 92.8 Å². The van der Waals surface area contributed by atoms with Crippen LogP contribution in [0.15, 0.2) is 18.2 Å². The van der Waals surface area contributed by atoms with Crippen LogP contribution in [0.2, 0.25) is 0 Å². The van der Waals surface area contributed by atoms with Crippen LogP contribution in [0.1, 0.15) is 48.9 Å². The van der Waals surface area contributed by atoms with Crippen molar-refractivity contribution in [3.05, 3.63) is 35.2 Å². The van der Waals surface area contributed by atoms with Gasteiger partial charge in [-0.25, -0.2) is 0 Å². The van der Waals surface area contributed by atoms with Gasteiger partial charge < -0.3 is 10.1 Å². The Labute approximate surface area is 142 Å². The van der Waals surface area contributed by atoms with Crippen molar-refractivity contribution < 1.29 is 9.53 Å². The van der Waals surface area contributed by atoms with Crippen LogP contribution in [0, 0.1) is 5.41 Å². The van der Waals surface area contributed by atoms with Gasteiger partial charge in [-0.2, -0.15) is 5.21 Å². The van der Waals surface area contributed by atoms with Crippen molar-refractivity contribution in [1.82, 2.24) is 25.9 Å². The molecule has 2 aromatic rings. The quantitative estimate of drug-likeness (QED) is 0.758. The molecule has 7 heteroatoms. The molecule has 0 fully saturated rings. The van der Waals surface area contributed by atoms with Gasteiger partial charge in [0.1, 0.15) is 5.75 Å². The molecular formula is C17H25N5O2. The number of methoxy groups -OCH3 is 1. The van der Waals surface area contributed by atoms with E-state index < -0.39 is 0 Å². The number of H-pyrrole nitrogens is 1. The summed E-state index contributed by atoms with van der Waals surface area (Å²) in [4.78, 5) is 12.3. The fourth-order valence-electron chi connectivity index (χ4n) is 2.47. The van der Waals surface area contributed by atoms with Gasteiger partial charge in [-0.15, -0.1) is 10.2 Å². The molecule has 1 aromatic heterocycles. The molecule has 0 aliphatic carbocycles. The number of aromatic amines is 1. The van der Waals surface area contributed by atoms with Crippen LogP contribution in [0.3, 0.4) is 0 Å². The summed E-state index contributed by atoms with van der Waals surface area (Å²) in [5, 5.41) is 16.6. The van der Waals surface area contributed by atoms with Gasteiger partial charge in [0.05, 0.1) is 7.11 Å². The maximum atomic E-state index is 12.3. The van der Waals surface area contributed by atoms with Crippen molar-refractivity contribution in [2.24, 2.45) is 5.41 Å². The molecule has 2 rings (SSSR count). The Morgan fingerprint density at radius 3 is 2.75 bits per heavy atom. The van der Waals surface area contributed by atoms with Gasteiger partial charge in [0.25, 0.3) is 5.91 Å². The summed E-state index contributed by atoms with van der Waals surface area (Å²) in [6.45, 7) is 7.05. The summed E-state index contributed by atoms with van der Waals surface area (Å²) in [5.41, 5.74) is 1.81. The number of rotatable bonds is 7. The number of aryl methyl sites for hydroxylation is 1. The number of tetrazole rings is 1. The van der Waals surface area contributed by atoms with E-state index >= 15 is 0 Å². The molecule has 1 amide bonds. The lowest BCUT2D eigenvalue weighted by molar-refractivity contribution is 0.0953. The highest BCUT2D eigenvalue weighted by molar-refractivity contribution is 5.94. The average Bonchev–Trinajstić information content (AvgIpc) is 3.03. The maximum Gasteiger partial charge on any atom is 0.251 e. The third kappa shape index (κ3) is 5.33. The van der Waals surface area contributed by atoms with E-state index in [-0.39, 0.29) is 11.3 Å². The molecule has 130 valence electrons. The monoisotopic (exact) mass is 331 g/mol. The SMILES string of the molecule is COc1ccc(C(=O)NCCCc2nn[nH]n2)cc1CC(C)(C)C. The van der Waals surface area contributed by atoms with Gasteiger partial charge in [0.15, 0.2) is 5.82 Å². The highest BCUT2D eigenvalue weighted by atomic mass is 16.5. The molecule has 1 heterocycles. The molecule has 24 heavy (non-hydrogen) atoms. The number of hydrogen-bond acceptors (Lipinski definition) is 5. The van der Waals surface area contributed by atoms with E-state index in [1.54, 1.807) is 13.2 Å². The largest absolute Gasteiger partial charge is 0.496 e. The number of benzene rings is 1. The number of nitrogens with one attached hydrogen (secondary N) is 2. The predicted molar refractivity (Wildman–Crippen MR) is 91.0 cm³/mol. The minimum Gasteiger partial charge on any atom is -0.496 e. The number of amides is 1. The van der Waals surface area contributed by atoms with Gasteiger partial charge in [-0.1, -0.05) is 26.0 Å². The van der Waals surface area contributed by atoms with Crippen molar-refractivity contribution in [2.45, 2.75) is 40.0 Å². The summed E-state index contributed by atoms with van der Waals surface area (Å²) < 4.78 is 5.41. The Morgan fingerprint density at radius 2 is 2.12 bits per heavy atom. The molecule has 0 radical (unpaired) electrons. The van der Waals surface area contributed by atoms with Crippen LogP contribution in [0.4, 0.5) is 0 Å². The van der Waals surface area contributed by atoms with Gasteiger partial charge in [0.2, 0.25) is 0 Å². The Bertz CT molecular complexity index is 662. The van der Waals surface area contributed by atoms with Crippen LogP contribution in [-0.4, -0.2) is 40.2 Å². The molecule has 7 nitrogen and oxygen atoms in total. The lowest BCUT2D eigenvalue weighted by atomic mass is 9.87. The zero-order valence-electron chi connectivity index (χ0n) is 14.7. The van der Waals surface area contributed by atoms with Crippen molar-refractivity contribution in [3.63, 3.8) is 0 Å². The second kappa shape index (κ2) is 7.90. The smallest absolute Gasteiger partial charge is 0.251 e. The van der Waals surface area contributed by atoms with Gasteiger partial charge in [-0.05, 0) is 42.0 Å². The molecule has 0 atom stereocenters. The van der Waals surface area contributed by atoms with Crippen LogP contribution in [0.25, 0.3) is 0 Å². The van der Waals surface area contributed by atoms with Crippen LogP contribution < -0.4 is 10.1 Å². The summed E-state index contributed by atoms with van der Waals surface area (Å²) in [7, 11) is 1.65. The highest BCUT2D eigenvalue weighted by Crippen LogP contribution is 2.28. The minimum atomic E-state index is -0.0825. The Morgan fingerprint density at radius 1 is 1.33 bits per heavy atom. The fraction of sp³-hybridized carbons (Fsp3) is 0.529. The summed E-state index contributed by atoms with van der Waals surface area (Å²) in [6.07, 6.45) is 2.28. The van der Waals surface area contributed by atoms with E-state index in [1.165, 1.54) is 0 Å². The Hall–Kier alpha value is -2.44. The summed E-state index contributed by atoms with van der Waals surface area (Å²) in [5.74, 6) is 1.39. The van der Waals surface area contributed by atoms with E-state index in [0.29, 0.717) is 24.4 Å². The number of nitrogens with zero attached hydrogens (tertiary/aromatic N) is 3. The van der Waals surface area contributed by atoms with Crippen LogP contribution >= 0.6 is 0 Å². The lowest BCUT2D eigenvalue weighted by Gasteiger charge is -2.20. The number of carbonyl (C=O) groups excluding carboxylic acids is 1. The van der Waals surface area contributed by atoms with Crippen molar-refractivity contribution in [1.29, 1.82) is 0 Å². The predicted octanol–water partition coefficient (Wildman–Crippen LogP) is 2.16. The second-order valence-electron chi connectivity index (χ2n) is 6.95. The lowest BCUT2D eigenvalue weighted by Crippen LogP contribution is -2.25. The van der Waals surface area contributed by atoms with Crippen molar-refractivity contribution in [2.75, 3.05) is 13.7 Å². The molecular weight excluding hydrogens is 306 g/mol. The third-order valence-electron chi connectivity index (χ3n) is 3.52. The van der Waals surface area contributed by atoms with Gasteiger partial charge >= 0.3 is 0 Å².